The third kappa shape index (κ3) is 3.39. The van der Waals surface area contributed by atoms with Gasteiger partial charge in [0.25, 0.3) is 0 Å². The lowest BCUT2D eigenvalue weighted by molar-refractivity contribution is 0.0528. The molecule has 3 heteroatoms. The predicted molar refractivity (Wildman–Crippen MR) is 84.7 cm³/mol. The molecule has 112 valence electrons. The molecule has 1 aromatic rings. The van der Waals surface area contributed by atoms with Gasteiger partial charge in [0, 0.05) is 37.4 Å². The minimum Gasteiger partial charge on any atom is -0.309 e. The summed E-state index contributed by atoms with van der Waals surface area (Å²) in [6, 6.07) is 4.77. The first-order valence-corrected chi connectivity index (χ1v) is 7.85. The number of hydrogen-bond donors (Lipinski definition) is 1. The second-order valence-electron chi connectivity index (χ2n) is 6.78. The summed E-state index contributed by atoms with van der Waals surface area (Å²) in [5, 5.41) is 3.74. The Balaban J connectivity index is 2.18. The Morgan fingerprint density at radius 3 is 2.85 bits per heavy atom. The molecule has 2 rings (SSSR count). The maximum atomic E-state index is 4.58. The van der Waals surface area contributed by atoms with Crippen LogP contribution in [0.5, 0.6) is 0 Å². The molecule has 20 heavy (non-hydrogen) atoms. The van der Waals surface area contributed by atoms with Gasteiger partial charge in [-0.3, -0.25) is 9.88 Å². The molecule has 0 aliphatic carbocycles. The Morgan fingerprint density at radius 1 is 1.50 bits per heavy atom. The quantitative estimate of drug-likeness (QED) is 0.915. The van der Waals surface area contributed by atoms with Crippen molar-refractivity contribution in [3.63, 3.8) is 0 Å². The number of aromatic nitrogens is 1. The number of piperazine rings is 1. The summed E-state index contributed by atoms with van der Waals surface area (Å²) in [4.78, 5) is 7.20. The molecule has 0 aromatic carbocycles. The van der Waals surface area contributed by atoms with Gasteiger partial charge in [0.2, 0.25) is 0 Å². The van der Waals surface area contributed by atoms with E-state index in [2.05, 4.69) is 55.9 Å². The SMILES string of the molecule is CCC1(C)CN(Cc2ncccc2C)C(C(C)C)CN1. The van der Waals surface area contributed by atoms with Crippen LogP contribution in [0.25, 0.3) is 0 Å². The van der Waals surface area contributed by atoms with Crippen molar-refractivity contribution in [3.8, 4) is 0 Å². The van der Waals surface area contributed by atoms with Gasteiger partial charge in [-0.1, -0.05) is 26.8 Å². The van der Waals surface area contributed by atoms with Gasteiger partial charge in [-0.2, -0.15) is 0 Å². The molecule has 3 nitrogen and oxygen atoms in total. The van der Waals surface area contributed by atoms with E-state index >= 15 is 0 Å². The van der Waals surface area contributed by atoms with Crippen LogP contribution in [0.2, 0.25) is 0 Å². The first kappa shape index (κ1) is 15.5. The minimum absolute atomic E-state index is 0.230. The molecule has 2 heterocycles. The second kappa shape index (κ2) is 6.23. The van der Waals surface area contributed by atoms with E-state index in [4.69, 9.17) is 0 Å². The van der Waals surface area contributed by atoms with E-state index in [0.717, 1.165) is 26.1 Å². The van der Waals surface area contributed by atoms with Gasteiger partial charge in [0.1, 0.15) is 0 Å². The highest BCUT2D eigenvalue weighted by atomic mass is 15.3. The van der Waals surface area contributed by atoms with Crippen molar-refractivity contribution in [1.29, 1.82) is 0 Å². The highest BCUT2D eigenvalue weighted by Gasteiger charge is 2.35. The molecule has 1 fully saturated rings. The number of nitrogens with one attached hydrogen (secondary N) is 1. The smallest absolute Gasteiger partial charge is 0.0573 e. The average molecular weight is 275 g/mol. The van der Waals surface area contributed by atoms with Crippen molar-refractivity contribution >= 4 is 0 Å². The zero-order chi connectivity index (χ0) is 14.8. The lowest BCUT2D eigenvalue weighted by Crippen LogP contribution is -2.63. The molecule has 0 radical (unpaired) electrons. The molecule has 1 N–H and O–H groups in total. The van der Waals surface area contributed by atoms with Crippen LogP contribution in [0, 0.1) is 12.8 Å². The van der Waals surface area contributed by atoms with Crippen LogP contribution in [0.15, 0.2) is 18.3 Å². The number of pyridine rings is 1. The van der Waals surface area contributed by atoms with Gasteiger partial charge in [0.15, 0.2) is 0 Å². The van der Waals surface area contributed by atoms with E-state index in [0.29, 0.717) is 12.0 Å². The Bertz CT molecular complexity index is 444. The van der Waals surface area contributed by atoms with Crippen molar-refractivity contribution in [2.75, 3.05) is 13.1 Å². The minimum atomic E-state index is 0.230. The molecular weight excluding hydrogens is 246 g/mol. The topological polar surface area (TPSA) is 28.2 Å². The fraction of sp³-hybridized carbons (Fsp3) is 0.706. The summed E-state index contributed by atoms with van der Waals surface area (Å²) in [7, 11) is 0. The number of aryl methyl sites for hydroxylation is 1. The molecule has 2 atom stereocenters. The number of rotatable bonds is 4. The van der Waals surface area contributed by atoms with Crippen LogP contribution < -0.4 is 5.32 Å². The Kier molecular flexibility index (Phi) is 4.82. The van der Waals surface area contributed by atoms with Gasteiger partial charge in [0.05, 0.1) is 5.69 Å². The van der Waals surface area contributed by atoms with Gasteiger partial charge in [-0.15, -0.1) is 0 Å². The van der Waals surface area contributed by atoms with Crippen molar-refractivity contribution < 1.29 is 0 Å². The molecule has 1 aliphatic heterocycles. The Labute approximate surface area is 123 Å². The van der Waals surface area contributed by atoms with Gasteiger partial charge in [-0.05, 0) is 37.8 Å². The fourth-order valence-electron chi connectivity index (χ4n) is 3.05. The molecule has 0 saturated carbocycles. The first-order chi connectivity index (χ1) is 9.45. The molecule has 0 spiro atoms. The summed E-state index contributed by atoms with van der Waals surface area (Å²) in [5.74, 6) is 0.660. The van der Waals surface area contributed by atoms with E-state index in [-0.39, 0.29) is 5.54 Å². The van der Waals surface area contributed by atoms with E-state index in [1.54, 1.807) is 0 Å². The van der Waals surface area contributed by atoms with Crippen molar-refractivity contribution in [3.05, 3.63) is 29.6 Å². The highest BCUT2D eigenvalue weighted by molar-refractivity contribution is 5.18. The Morgan fingerprint density at radius 2 is 2.25 bits per heavy atom. The van der Waals surface area contributed by atoms with Crippen molar-refractivity contribution in [1.82, 2.24) is 15.2 Å². The van der Waals surface area contributed by atoms with E-state index in [1.165, 1.54) is 11.3 Å². The van der Waals surface area contributed by atoms with Crippen molar-refractivity contribution in [2.45, 2.75) is 59.2 Å². The fourth-order valence-corrected chi connectivity index (χ4v) is 3.05. The maximum absolute atomic E-state index is 4.58. The summed E-state index contributed by atoms with van der Waals surface area (Å²) in [5.41, 5.74) is 2.75. The summed E-state index contributed by atoms with van der Waals surface area (Å²) in [6.45, 7) is 14.5. The zero-order valence-corrected chi connectivity index (χ0v) is 13.6. The van der Waals surface area contributed by atoms with E-state index < -0.39 is 0 Å². The van der Waals surface area contributed by atoms with Gasteiger partial charge >= 0.3 is 0 Å². The van der Waals surface area contributed by atoms with Crippen molar-refractivity contribution in [2.24, 2.45) is 5.92 Å². The molecule has 1 aromatic heterocycles. The molecule has 2 unspecified atom stereocenters. The highest BCUT2D eigenvalue weighted by Crippen LogP contribution is 2.24. The van der Waals surface area contributed by atoms with Crippen LogP contribution >= 0.6 is 0 Å². The van der Waals surface area contributed by atoms with Crippen LogP contribution in [0.1, 0.15) is 45.4 Å². The third-order valence-corrected chi connectivity index (χ3v) is 4.78. The molecule has 0 bridgehead atoms. The lowest BCUT2D eigenvalue weighted by Gasteiger charge is -2.47. The van der Waals surface area contributed by atoms with Crippen LogP contribution in [-0.4, -0.2) is 34.6 Å². The summed E-state index contributed by atoms with van der Waals surface area (Å²) < 4.78 is 0. The predicted octanol–water partition coefficient (Wildman–Crippen LogP) is 2.99. The number of nitrogens with zero attached hydrogens (tertiary/aromatic N) is 2. The average Bonchev–Trinajstić information content (AvgIpc) is 2.41. The normalized spacial score (nSPS) is 28.0. The van der Waals surface area contributed by atoms with Crippen LogP contribution in [0.4, 0.5) is 0 Å². The lowest BCUT2D eigenvalue weighted by atomic mass is 9.89. The van der Waals surface area contributed by atoms with Crippen LogP contribution in [0.3, 0.4) is 0 Å². The van der Waals surface area contributed by atoms with Gasteiger partial charge in [-0.25, -0.2) is 0 Å². The maximum Gasteiger partial charge on any atom is 0.0573 e. The molecule has 1 aliphatic rings. The van der Waals surface area contributed by atoms with Crippen LogP contribution in [-0.2, 0) is 6.54 Å². The van der Waals surface area contributed by atoms with Gasteiger partial charge < -0.3 is 5.32 Å². The largest absolute Gasteiger partial charge is 0.309 e. The molecule has 1 saturated heterocycles. The molecule has 0 amide bonds. The van der Waals surface area contributed by atoms with E-state index in [9.17, 15) is 0 Å². The third-order valence-electron chi connectivity index (χ3n) is 4.78. The number of hydrogen-bond acceptors (Lipinski definition) is 3. The molecular formula is C17H29N3. The second-order valence-corrected chi connectivity index (χ2v) is 6.78. The van der Waals surface area contributed by atoms with E-state index in [1.807, 2.05) is 12.3 Å². The monoisotopic (exact) mass is 275 g/mol. The standard InChI is InChI=1S/C17H29N3/c1-6-17(5)12-20(16(10-19-17)13(2)3)11-15-14(4)8-7-9-18-15/h7-9,13,16,19H,6,10-12H2,1-5H3. The summed E-state index contributed by atoms with van der Waals surface area (Å²) >= 11 is 0. The first-order valence-electron chi connectivity index (χ1n) is 7.85. The summed E-state index contributed by atoms with van der Waals surface area (Å²) in [6.07, 6.45) is 3.07. The zero-order valence-electron chi connectivity index (χ0n) is 13.6. The Hall–Kier alpha value is -0.930.